The predicted molar refractivity (Wildman–Crippen MR) is 183 cm³/mol. The Hall–Kier alpha value is -5.66. The van der Waals surface area contributed by atoms with Crippen LogP contribution in [0.1, 0.15) is 12.3 Å². The topological polar surface area (TPSA) is 13.1 Å². The maximum absolute atomic E-state index is 9.69. The number of rotatable bonds is 3. The normalized spacial score (nSPS) is 14.7. The first kappa shape index (κ1) is 16.7. The molecule has 0 atom stereocenters. The van der Waals surface area contributed by atoms with Crippen molar-refractivity contribution in [2.75, 3.05) is 0 Å². The Bertz CT molecular complexity index is 2950. The molecule has 0 amide bonds. The Balaban J connectivity index is 1.42. The van der Waals surface area contributed by atoms with Gasteiger partial charge in [0.05, 0.1) is 12.3 Å². The fourth-order valence-electron chi connectivity index (χ4n) is 6.18. The average molecular weight is 556 g/mol. The highest BCUT2D eigenvalue weighted by Gasteiger charge is 2.18. The molecule has 0 fully saturated rings. The minimum absolute atomic E-state index is 0.000221. The van der Waals surface area contributed by atoms with Crippen LogP contribution in [0.2, 0.25) is 0 Å². The van der Waals surface area contributed by atoms with Gasteiger partial charge >= 0.3 is 0 Å². The maximum Gasteiger partial charge on any atom is 0.136 e. The lowest BCUT2D eigenvalue weighted by Gasteiger charge is -2.18. The first-order valence-electron chi connectivity index (χ1n) is 18.5. The summed E-state index contributed by atoms with van der Waals surface area (Å²) in [5.41, 5.74) is 4.55. The van der Waals surface area contributed by atoms with Crippen molar-refractivity contribution in [3.63, 3.8) is 0 Å². The molecule has 0 aliphatic carbocycles. The Labute approximate surface area is 261 Å². The van der Waals surface area contributed by atoms with Gasteiger partial charge in [-0.2, -0.15) is 0 Å². The van der Waals surface area contributed by atoms with Gasteiger partial charge in [-0.05, 0) is 95.9 Å². The summed E-state index contributed by atoms with van der Waals surface area (Å²) in [6.45, 7) is 0. The van der Waals surface area contributed by atoms with Gasteiger partial charge in [-0.1, -0.05) is 127 Å². The van der Waals surface area contributed by atoms with Crippen molar-refractivity contribution >= 4 is 54.3 Å². The van der Waals surface area contributed by atoms with E-state index in [2.05, 4.69) is 30.3 Å². The van der Waals surface area contributed by atoms with E-state index in [9.17, 15) is 4.11 Å². The minimum atomic E-state index is -0.536. The van der Waals surface area contributed by atoms with Gasteiger partial charge in [0.1, 0.15) is 11.2 Å². The summed E-state index contributed by atoms with van der Waals surface area (Å²) in [6, 6.07) is 30.7. The van der Waals surface area contributed by atoms with E-state index in [1.54, 1.807) is 0 Å². The second kappa shape index (κ2) is 9.44. The van der Waals surface area contributed by atoms with Crippen LogP contribution < -0.4 is 0 Å². The lowest BCUT2D eigenvalue weighted by molar-refractivity contribution is 0.669. The zero-order chi connectivity index (χ0) is 36.2. The van der Waals surface area contributed by atoms with Crippen molar-refractivity contribution in [3.05, 3.63) is 158 Å². The second-order valence-corrected chi connectivity index (χ2v) is 10.5. The van der Waals surface area contributed by atoms with Crippen LogP contribution in [0, 0.1) is 0 Å². The van der Waals surface area contributed by atoms with Crippen LogP contribution in [0.5, 0.6) is 0 Å². The molecule has 0 radical (unpaired) electrons. The number of fused-ring (bicyclic) bond motifs is 6. The van der Waals surface area contributed by atoms with Crippen molar-refractivity contribution in [2.45, 2.75) is 0 Å². The van der Waals surface area contributed by atoms with E-state index in [1.807, 2.05) is 72.8 Å². The molecule has 0 aliphatic heterocycles. The largest absolute Gasteiger partial charge is 0.456 e. The Kier molecular flexibility index (Phi) is 3.67. The highest BCUT2D eigenvalue weighted by molar-refractivity contribution is 6.22. The van der Waals surface area contributed by atoms with Gasteiger partial charge in [-0.15, -0.1) is 0 Å². The van der Waals surface area contributed by atoms with Gasteiger partial charge in [0.2, 0.25) is 0 Å². The van der Waals surface area contributed by atoms with Crippen LogP contribution in [-0.4, -0.2) is 0 Å². The lowest BCUT2D eigenvalue weighted by Crippen LogP contribution is -1.91. The Morgan fingerprint density at radius 1 is 0.395 bits per heavy atom. The molecule has 0 aliphatic rings. The van der Waals surface area contributed by atoms with Gasteiger partial charge in [-0.25, -0.2) is 0 Å². The molecule has 200 valence electrons. The zero-order valence-electron chi connectivity index (χ0n) is 31.7. The number of furan rings is 1. The molecule has 0 saturated carbocycles. The molecule has 1 nitrogen and oxygen atoms in total. The molecule has 1 heteroatoms. The van der Waals surface area contributed by atoms with Crippen LogP contribution in [-0.2, 0) is 0 Å². The molecule has 0 spiro atoms. The molecule has 0 saturated heterocycles. The lowest BCUT2D eigenvalue weighted by atomic mass is 9.85. The summed E-state index contributed by atoms with van der Waals surface area (Å²) in [5.74, 6) is 0. The summed E-state index contributed by atoms with van der Waals surface area (Å²) in [7, 11) is 0. The highest BCUT2D eigenvalue weighted by atomic mass is 16.3. The molecule has 43 heavy (non-hydrogen) atoms. The van der Waals surface area contributed by atoms with E-state index in [1.165, 1.54) is 0 Å². The fourth-order valence-corrected chi connectivity index (χ4v) is 6.18. The molecule has 8 aromatic carbocycles. The maximum atomic E-state index is 9.69. The van der Waals surface area contributed by atoms with Crippen LogP contribution in [0.15, 0.2) is 162 Å². The van der Waals surface area contributed by atoms with E-state index in [-0.39, 0.29) is 68.5 Å². The molecular weight excluding hydrogens is 520 g/mol. The average Bonchev–Trinajstić information content (AvgIpc) is 3.59. The number of benzene rings is 8. The SMILES string of the molecule is [2H]c1c(-c2c3ccccc3c(-c3cccc(-c4ccccc4)c3)c3ccccc23)c([2H])c2c(oc3c([2H])c4c([2H])c([2H])c([2H])c([2H])c4c([2H])c32)c1[2H]. The van der Waals surface area contributed by atoms with Crippen LogP contribution in [0.25, 0.3) is 87.6 Å². The van der Waals surface area contributed by atoms with E-state index in [4.69, 9.17) is 12.6 Å². The molecule has 9 rings (SSSR count). The molecule has 0 N–H and O–H groups in total. The molecular formula is C42H26O. The van der Waals surface area contributed by atoms with Gasteiger partial charge < -0.3 is 4.42 Å². The Morgan fingerprint density at radius 3 is 1.65 bits per heavy atom. The quantitative estimate of drug-likeness (QED) is 0.198. The first-order chi connectivity index (χ1) is 25.1. The third kappa shape index (κ3) is 3.79. The summed E-state index contributed by atoms with van der Waals surface area (Å²) >= 11 is 0. The zero-order valence-corrected chi connectivity index (χ0v) is 22.7. The molecule has 0 unspecified atom stereocenters. The van der Waals surface area contributed by atoms with Gasteiger partial charge in [0.25, 0.3) is 0 Å². The van der Waals surface area contributed by atoms with Crippen LogP contribution >= 0.6 is 0 Å². The smallest absolute Gasteiger partial charge is 0.136 e. The van der Waals surface area contributed by atoms with Crippen molar-refractivity contribution in [2.24, 2.45) is 0 Å². The number of hydrogen-bond donors (Lipinski definition) is 0. The van der Waals surface area contributed by atoms with E-state index in [0.717, 1.165) is 43.8 Å². The number of hydrogen-bond acceptors (Lipinski definition) is 1. The summed E-state index contributed by atoms with van der Waals surface area (Å²) in [4.78, 5) is 0. The van der Waals surface area contributed by atoms with Crippen LogP contribution in [0.3, 0.4) is 0 Å². The van der Waals surface area contributed by atoms with E-state index < -0.39 is 24.2 Å². The molecule has 1 heterocycles. The van der Waals surface area contributed by atoms with Gasteiger partial charge in [0.15, 0.2) is 0 Å². The van der Waals surface area contributed by atoms with Crippen molar-refractivity contribution < 1.29 is 16.8 Å². The third-order valence-electron chi connectivity index (χ3n) is 8.08. The van der Waals surface area contributed by atoms with Crippen molar-refractivity contribution in [1.82, 2.24) is 0 Å². The second-order valence-electron chi connectivity index (χ2n) is 10.5. The van der Waals surface area contributed by atoms with Crippen molar-refractivity contribution in [3.8, 4) is 33.4 Å². The van der Waals surface area contributed by atoms with E-state index >= 15 is 0 Å². The third-order valence-corrected chi connectivity index (χ3v) is 8.08. The first-order valence-corrected chi connectivity index (χ1v) is 14.0. The van der Waals surface area contributed by atoms with Crippen LogP contribution in [0.4, 0.5) is 0 Å². The summed E-state index contributed by atoms with van der Waals surface area (Å²) < 4.78 is 85.9. The van der Waals surface area contributed by atoms with E-state index in [0.29, 0.717) is 5.56 Å². The minimum Gasteiger partial charge on any atom is -0.456 e. The molecule has 0 bridgehead atoms. The highest BCUT2D eigenvalue weighted by Crippen LogP contribution is 2.45. The standard InChI is InChI=1S/C42H26O/c1-2-11-27(12-3-1)28-15-10-16-31(23-28)41-33-17-6-8-19-35(33)42(36-20-9-7-18-34(36)41)32-21-22-39-37(25-32)38-24-29-13-4-5-14-30(29)26-40(38)43-39/h1-26H/i4D,5D,13D,14D,21D,22D,24D,25D,26D. The summed E-state index contributed by atoms with van der Waals surface area (Å²) in [5, 5.41) is 3.03. The summed E-state index contributed by atoms with van der Waals surface area (Å²) in [6.07, 6.45) is 0. The van der Waals surface area contributed by atoms with Crippen molar-refractivity contribution in [1.29, 1.82) is 0 Å². The Morgan fingerprint density at radius 2 is 0.953 bits per heavy atom. The fraction of sp³-hybridized carbons (Fsp3) is 0. The van der Waals surface area contributed by atoms with Gasteiger partial charge in [-0.3, -0.25) is 0 Å². The monoisotopic (exact) mass is 555 g/mol. The molecule has 9 aromatic rings. The predicted octanol–water partition coefficient (Wildman–Crippen LogP) is 12.0. The van der Waals surface area contributed by atoms with Gasteiger partial charge in [0, 0.05) is 10.8 Å². The molecule has 1 aromatic heterocycles.